The van der Waals surface area contributed by atoms with Crippen molar-refractivity contribution in [3.63, 3.8) is 0 Å². The zero-order chi connectivity index (χ0) is 21.9. The molecule has 0 fully saturated rings. The first-order valence-corrected chi connectivity index (χ1v) is 9.50. The van der Waals surface area contributed by atoms with E-state index in [-0.39, 0.29) is 78.3 Å². The van der Waals surface area contributed by atoms with E-state index in [1.165, 1.54) is 0 Å². The van der Waals surface area contributed by atoms with Gasteiger partial charge in [-0.2, -0.15) is 0 Å². The van der Waals surface area contributed by atoms with Crippen molar-refractivity contribution in [2.24, 2.45) is 0 Å². The first-order chi connectivity index (χ1) is 12.6. The van der Waals surface area contributed by atoms with E-state index in [0.29, 0.717) is 12.1 Å². The maximum absolute atomic E-state index is 10.5. The molecule has 2 rings (SSSR count). The van der Waals surface area contributed by atoms with Crippen molar-refractivity contribution in [1.29, 1.82) is 0 Å². The SMILES string of the molecule is O.O.O.O.O.O.O=C(O)c1cc(S(=O)(=O)[O-])ccc1O.O=C(O)c1cc(S(=O)(=O)[O-])ccc1O.[Sr+2]. The third-order valence-electron chi connectivity index (χ3n) is 2.97. The van der Waals surface area contributed by atoms with Gasteiger partial charge in [0.25, 0.3) is 0 Å². The van der Waals surface area contributed by atoms with Crippen LogP contribution >= 0.6 is 0 Å². The van der Waals surface area contributed by atoms with Gasteiger partial charge in [-0.1, -0.05) is 0 Å². The van der Waals surface area contributed by atoms with E-state index in [9.17, 15) is 35.5 Å². The third-order valence-corrected chi connectivity index (χ3v) is 4.64. The van der Waals surface area contributed by atoms with Crippen molar-refractivity contribution in [3.05, 3.63) is 47.5 Å². The first kappa shape index (κ1) is 50.0. The van der Waals surface area contributed by atoms with Crippen molar-refractivity contribution in [2.45, 2.75) is 9.79 Å². The van der Waals surface area contributed by atoms with E-state index in [1.54, 1.807) is 0 Å². The Kier molecular flexibility index (Phi) is 27.5. The number of rotatable bonds is 4. The van der Waals surface area contributed by atoms with Crippen LogP contribution in [0.5, 0.6) is 11.5 Å². The topological polar surface area (TPSA) is 418 Å². The van der Waals surface area contributed by atoms with Gasteiger partial charge in [0.1, 0.15) is 42.9 Å². The van der Waals surface area contributed by atoms with Crippen molar-refractivity contribution >= 4 is 77.7 Å². The Morgan fingerprint density at radius 3 is 1.00 bits per heavy atom. The second kappa shape index (κ2) is 19.3. The molecule has 0 aliphatic carbocycles. The van der Waals surface area contributed by atoms with E-state index in [2.05, 4.69) is 0 Å². The van der Waals surface area contributed by atoms with Crippen molar-refractivity contribution < 1.29 is 88.8 Å². The van der Waals surface area contributed by atoms with Crippen LogP contribution in [0.1, 0.15) is 20.7 Å². The molecule has 0 aliphatic heterocycles. The van der Waals surface area contributed by atoms with E-state index >= 15 is 0 Å². The van der Waals surface area contributed by atoms with Crippen LogP contribution in [0, 0.1) is 0 Å². The maximum atomic E-state index is 10.5. The molecule has 0 amide bonds. The Morgan fingerprint density at radius 2 is 0.829 bits per heavy atom. The fraction of sp³-hybridized carbons (Fsp3) is 0. The Balaban J connectivity index is -0.0000000747. The molecule has 2 aromatic carbocycles. The number of aromatic hydroxyl groups is 2. The fourth-order valence-corrected chi connectivity index (χ4v) is 2.68. The molecule has 35 heavy (non-hydrogen) atoms. The summed E-state index contributed by atoms with van der Waals surface area (Å²) in [5, 5.41) is 35.0. The average molecular weight is 630 g/mol. The molecule has 0 unspecified atom stereocenters. The summed E-state index contributed by atoms with van der Waals surface area (Å²) in [5.74, 6) is -4.20. The Bertz CT molecular complexity index is 1050. The number of benzene rings is 2. The molecule has 21 heteroatoms. The van der Waals surface area contributed by atoms with E-state index in [1.807, 2.05) is 0 Å². The van der Waals surface area contributed by atoms with Crippen LogP contribution in [-0.2, 0) is 20.2 Å². The molecular weight excluding hydrogens is 608 g/mol. The molecule has 0 saturated heterocycles. The smallest absolute Gasteiger partial charge is 0.744 e. The van der Waals surface area contributed by atoms with Crippen LogP contribution in [0.25, 0.3) is 0 Å². The predicted molar refractivity (Wildman–Crippen MR) is 113 cm³/mol. The number of carboxylic acids is 2. The van der Waals surface area contributed by atoms with Crippen molar-refractivity contribution in [1.82, 2.24) is 0 Å². The average Bonchev–Trinajstić information content (AvgIpc) is 2.53. The summed E-state index contributed by atoms with van der Waals surface area (Å²) in [5.41, 5.74) is -1.25. The Labute approximate surface area is 233 Å². The van der Waals surface area contributed by atoms with Gasteiger partial charge in [0.2, 0.25) is 0 Å². The first-order valence-electron chi connectivity index (χ1n) is 6.69. The van der Waals surface area contributed by atoms with Gasteiger partial charge in [0.05, 0.1) is 9.79 Å². The van der Waals surface area contributed by atoms with Gasteiger partial charge in [-0.15, -0.1) is 0 Å². The number of phenols is 2. The van der Waals surface area contributed by atoms with E-state index in [4.69, 9.17) is 20.4 Å². The zero-order valence-corrected chi connectivity index (χ0v) is 22.2. The Morgan fingerprint density at radius 1 is 0.600 bits per heavy atom. The Hall–Kier alpha value is -1.96. The fourth-order valence-electron chi connectivity index (χ4n) is 1.68. The molecule has 2 aromatic rings. The van der Waals surface area contributed by atoms with Gasteiger partial charge in [-0.05, 0) is 36.4 Å². The van der Waals surface area contributed by atoms with Gasteiger partial charge in [-0.3, -0.25) is 0 Å². The molecule has 0 aliphatic rings. The molecule has 16 N–H and O–H groups in total. The minimum atomic E-state index is -4.70. The summed E-state index contributed by atoms with van der Waals surface area (Å²) in [6, 6.07) is 4.58. The van der Waals surface area contributed by atoms with Crippen LogP contribution in [0.15, 0.2) is 46.2 Å². The van der Waals surface area contributed by atoms with E-state index in [0.717, 1.165) is 24.3 Å². The number of hydrogen-bond acceptors (Lipinski definition) is 10. The molecule has 200 valence electrons. The molecule has 0 spiro atoms. The number of aromatic carboxylic acids is 2. The van der Waals surface area contributed by atoms with Gasteiger partial charge in [0.15, 0.2) is 0 Å². The molecule has 18 nitrogen and oxygen atoms in total. The monoisotopic (exact) mass is 630 g/mol. The number of carboxylic acid groups (broad SMARTS) is 2. The van der Waals surface area contributed by atoms with Gasteiger partial charge >= 0.3 is 57.4 Å². The van der Waals surface area contributed by atoms with Crippen LogP contribution < -0.4 is 0 Å². The summed E-state index contributed by atoms with van der Waals surface area (Å²) < 4.78 is 62.9. The van der Waals surface area contributed by atoms with Crippen LogP contribution in [-0.4, -0.2) is 137 Å². The predicted octanol–water partition coefficient (Wildman–Crippen LogP) is -5.34. The molecule has 0 saturated carbocycles. The molecule has 0 radical (unpaired) electrons. The molecule has 0 heterocycles. The number of carbonyl (C=O) groups is 2. The molecule has 0 aromatic heterocycles. The zero-order valence-electron chi connectivity index (χ0n) is 17.0. The summed E-state index contributed by atoms with van der Waals surface area (Å²) >= 11 is 0. The minimum absolute atomic E-state index is 0. The van der Waals surface area contributed by atoms with Crippen LogP contribution in [0.4, 0.5) is 0 Å². The van der Waals surface area contributed by atoms with Gasteiger partial charge < -0.3 is 62.4 Å². The molecular formula is C14H22O18S2Sr. The van der Waals surface area contributed by atoms with Crippen LogP contribution in [0.3, 0.4) is 0 Å². The normalized spacial score (nSPS) is 8.97. The standard InChI is InChI=1S/2C7H6O6S.6H2O.Sr/c2*8-6-2-1-4(14(11,12)13)3-5(6)7(9)10;;;;;;;/h2*1-3,8H,(H,9,10)(H,11,12,13);6*1H2;/q;;;;;;;;+2/p-2. The van der Waals surface area contributed by atoms with Gasteiger partial charge in [0, 0.05) is 0 Å². The minimum Gasteiger partial charge on any atom is -0.744 e. The second-order valence-electron chi connectivity index (χ2n) is 4.88. The summed E-state index contributed by atoms with van der Waals surface area (Å²) in [6.45, 7) is 0. The summed E-state index contributed by atoms with van der Waals surface area (Å²) in [6.07, 6.45) is 0. The summed E-state index contributed by atoms with van der Waals surface area (Å²) in [4.78, 5) is 19.5. The largest absolute Gasteiger partial charge is 2.00 e. The van der Waals surface area contributed by atoms with Crippen molar-refractivity contribution in [2.75, 3.05) is 0 Å². The molecule has 0 bridgehead atoms. The molecule has 0 atom stereocenters. The van der Waals surface area contributed by atoms with Gasteiger partial charge in [-0.25, -0.2) is 26.4 Å². The third kappa shape index (κ3) is 14.9. The van der Waals surface area contributed by atoms with E-state index < -0.39 is 64.6 Å². The second-order valence-corrected chi connectivity index (χ2v) is 7.64. The maximum Gasteiger partial charge on any atom is 2.00 e. The quantitative estimate of drug-likeness (QED) is 0.182. The van der Waals surface area contributed by atoms with Crippen LogP contribution in [0.2, 0.25) is 0 Å². The number of hydrogen-bond donors (Lipinski definition) is 4. The summed E-state index contributed by atoms with van der Waals surface area (Å²) in [7, 11) is -9.40. The van der Waals surface area contributed by atoms with Crippen molar-refractivity contribution in [3.8, 4) is 11.5 Å².